The number of hydrogen-bond acceptors (Lipinski definition) is 5. The molecule has 2 atom stereocenters. The van der Waals surface area contributed by atoms with E-state index in [4.69, 9.17) is 9.47 Å². The Morgan fingerprint density at radius 3 is 3.12 bits per heavy atom. The van der Waals surface area contributed by atoms with Gasteiger partial charge in [-0.05, 0) is 25.5 Å². The third-order valence-corrected chi connectivity index (χ3v) is 4.80. The van der Waals surface area contributed by atoms with Crippen LogP contribution >= 0.6 is 0 Å². The summed E-state index contributed by atoms with van der Waals surface area (Å²) in [5.41, 5.74) is 2.60. The molecule has 0 aliphatic carbocycles. The lowest BCUT2D eigenvalue weighted by Crippen LogP contribution is -2.50. The van der Waals surface area contributed by atoms with Crippen molar-refractivity contribution in [3.05, 3.63) is 41.2 Å². The summed E-state index contributed by atoms with van der Waals surface area (Å²) in [7, 11) is 1.59. The van der Waals surface area contributed by atoms with Gasteiger partial charge in [0.15, 0.2) is 0 Å². The van der Waals surface area contributed by atoms with Crippen molar-refractivity contribution in [2.75, 3.05) is 20.2 Å². The molecule has 2 aliphatic rings. The molecule has 0 bridgehead atoms. The van der Waals surface area contributed by atoms with Crippen LogP contribution in [-0.2, 0) is 11.3 Å². The molecule has 0 N–H and O–H groups in total. The number of ether oxygens (including phenoxy) is 2. The van der Waals surface area contributed by atoms with Gasteiger partial charge in [-0.15, -0.1) is 5.10 Å². The van der Waals surface area contributed by atoms with Crippen molar-refractivity contribution in [1.29, 1.82) is 0 Å². The zero-order valence-electron chi connectivity index (χ0n) is 13.8. The normalized spacial score (nSPS) is 22.7. The average Bonchev–Trinajstić information content (AvgIpc) is 3.10. The summed E-state index contributed by atoms with van der Waals surface area (Å²) >= 11 is 0. The molecule has 24 heavy (non-hydrogen) atoms. The van der Waals surface area contributed by atoms with Crippen molar-refractivity contribution in [3.63, 3.8) is 0 Å². The fraction of sp³-hybridized carbons (Fsp3) is 0.471. The number of carbonyl (C=O) groups excluding carboxylic acids is 1. The molecule has 1 saturated heterocycles. The van der Waals surface area contributed by atoms with E-state index in [0.717, 1.165) is 17.7 Å². The van der Waals surface area contributed by atoms with Crippen molar-refractivity contribution in [2.24, 2.45) is 0 Å². The number of aryl methyl sites for hydroxylation is 1. The van der Waals surface area contributed by atoms with Crippen LogP contribution in [0.15, 0.2) is 24.4 Å². The van der Waals surface area contributed by atoms with Crippen LogP contribution in [0.1, 0.15) is 34.1 Å². The minimum Gasteiger partial charge on any atom is -0.496 e. The largest absolute Gasteiger partial charge is 0.496 e. The van der Waals surface area contributed by atoms with Crippen LogP contribution in [0.2, 0.25) is 0 Å². The van der Waals surface area contributed by atoms with E-state index >= 15 is 0 Å². The molecule has 1 fully saturated rings. The van der Waals surface area contributed by atoms with Gasteiger partial charge in [-0.1, -0.05) is 16.8 Å². The molecule has 2 aliphatic heterocycles. The standard InChI is InChI=1S/C17H20N4O3/c1-11-3-4-15(23-2)13(7-11)17(22)20-6-5-16-14(9-20)21-12(10-24-16)8-18-19-21/h3-4,7-8,14,16H,5-6,9-10H2,1-2H3/t14-,16-/m0/s1. The summed E-state index contributed by atoms with van der Waals surface area (Å²) in [5, 5.41) is 8.15. The first-order chi connectivity index (χ1) is 11.7. The predicted octanol–water partition coefficient (Wildman–Crippen LogP) is 1.58. The summed E-state index contributed by atoms with van der Waals surface area (Å²) in [6.07, 6.45) is 2.60. The highest BCUT2D eigenvalue weighted by molar-refractivity contribution is 5.97. The van der Waals surface area contributed by atoms with Crippen LogP contribution in [0.4, 0.5) is 0 Å². The minimum atomic E-state index is -0.0127. The average molecular weight is 328 g/mol. The summed E-state index contributed by atoms with van der Waals surface area (Å²) in [4.78, 5) is 14.9. The second-order valence-electron chi connectivity index (χ2n) is 6.33. The number of benzene rings is 1. The fourth-order valence-corrected chi connectivity index (χ4v) is 3.52. The quantitative estimate of drug-likeness (QED) is 0.837. The van der Waals surface area contributed by atoms with Crippen molar-refractivity contribution in [3.8, 4) is 5.75 Å². The number of methoxy groups -OCH3 is 1. The van der Waals surface area contributed by atoms with E-state index in [1.54, 1.807) is 13.3 Å². The first-order valence-electron chi connectivity index (χ1n) is 8.12. The predicted molar refractivity (Wildman–Crippen MR) is 85.9 cm³/mol. The lowest BCUT2D eigenvalue weighted by atomic mass is 9.99. The maximum absolute atomic E-state index is 13.0. The highest BCUT2D eigenvalue weighted by atomic mass is 16.5. The van der Waals surface area contributed by atoms with E-state index in [1.807, 2.05) is 34.7 Å². The molecule has 126 valence electrons. The summed E-state index contributed by atoms with van der Waals surface area (Å²) < 4.78 is 13.2. The number of aromatic nitrogens is 3. The van der Waals surface area contributed by atoms with E-state index in [1.165, 1.54) is 0 Å². The second-order valence-corrected chi connectivity index (χ2v) is 6.33. The molecular formula is C17H20N4O3. The lowest BCUT2D eigenvalue weighted by molar-refractivity contribution is -0.0605. The number of hydrogen-bond donors (Lipinski definition) is 0. The smallest absolute Gasteiger partial charge is 0.257 e. The maximum Gasteiger partial charge on any atom is 0.257 e. The van der Waals surface area contributed by atoms with Crippen molar-refractivity contribution >= 4 is 5.91 Å². The first kappa shape index (κ1) is 15.1. The Kier molecular flexibility index (Phi) is 3.72. The van der Waals surface area contributed by atoms with Crippen LogP contribution in [0.3, 0.4) is 0 Å². The van der Waals surface area contributed by atoms with E-state index in [-0.39, 0.29) is 18.1 Å². The van der Waals surface area contributed by atoms with Crippen LogP contribution in [-0.4, -0.2) is 52.1 Å². The zero-order valence-corrected chi connectivity index (χ0v) is 13.8. The van der Waals surface area contributed by atoms with Gasteiger partial charge < -0.3 is 14.4 Å². The minimum absolute atomic E-state index is 0.0127. The number of amides is 1. The van der Waals surface area contributed by atoms with E-state index < -0.39 is 0 Å². The molecule has 1 amide bonds. The molecule has 4 rings (SSSR count). The summed E-state index contributed by atoms with van der Waals surface area (Å²) in [5.74, 6) is 0.593. The fourth-order valence-electron chi connectivity index (χ4n) is 3.52. The SMILES string of the molecule is COc1ccc(C)cc1C(=O)N1CC[C@@H]2OCc3cnnn3[C@H]2C1. The molecule has 0 saturated carbocycles. The number of carbonyl (C=O) groups is 1. The van der Waals surface area contributed by atoms with Gasteiger partial charge in [0.05, 0.1) is 43.3 Å². The Balaban J connectivity index is 1.61. The maximum atomic E-state index is 13.0. The van der Waals surface area contributed by atoms with Crippen LogP contribution in [0.5, 0.6) is 5.75 Å². The third-order valence-electron chi connectivity index (χ3n) is 4.80. The molecule has 7 nitrogen and oxygen atoms in total. The van der Waals surface area contributed by atoms with Gasteiger partial charge in [0.2, 0.25) is 0 Å². The van der Waals surface area contributed by atoms with E-state index in [2.05, 4.69) is 10.3 Å². The monoisotopic (exact) mass is 328 g/mol. The Labute approximate surface area is 140 Å². The van der Waals surface area contributed by atoms with Crippen molar-refractivity contribution in [2.45, 2.75) is 32.1 Å². The summed E-state index contributed by atoms with van der Waals surface area (Å²) in [6.45, 7) is 3.74. The van der Waals surface area contributed by atoms with Crippen molar-refractivity contribution in [1.82, 2.24) is 19.9 Å². The van der Waals surface area contributed by atoms with Crippen molar-refractivity contribution < 1.29 is 14.3 Å². The van der Waals surface area contributed by atoms with Gasteiger partial charge in [0, 0.05) is 13.1 Å². The van der Waals surface area contributed by atoms with Gasteiger partial charge in [-0.2, -0.15) is 0 Å². The van der Waals surface area contributed by atoms with Gasteiger partial charge in [0.25, 0.3) is 5.91 Å². The molecule has 2 aromatic rings. The van der Waals surface area contributed by atoms with Crippen LogP contribution in [0.25, 0.3) is 0 Å². The van der Waals surface area contributed by atoms with Crippen LogP contribution < -0.4 is 4.74 Å². The third kappa shape index (κ3) is 2.45. The van der Waals surface area contributed by atoms with Gasteiger partial charge in [-0.3, -0.25) is 4.79 Å². The molecule has 1 aromatic carbocycles. The Morgan fingerprint density at radius 2 is 2.29 bits per heavy atom. The Morgan fingerprint density at radius 1 is 1.42 bits per heavy atom. The lowest BCUT2D eigenvalue weighted by Gasteiger charge is -2.41. The molecule has 1 aromatic heterocycles. The number of fused-ring (bicyclic) bond motifs is 3. The van der Waals surface area contributed by atoms with Crippen LogP contribution in [0, 0.1) is 6.92 Å². The second kappa shape index (κ2) is 5.90. The molecule has 7 heteroatoms. The highest BCUT2D eigenvalue weighted by Gasteiger charge is 2.38. The zero-order chi connectivity index (χ0) is 16.7. The van der Waals surface area contributed by atoms with Gasteiger partial charge in [-0.25, -0.2) is 4.68 Å². The highest BCUT2D eigenvalue weighted by Crippen LogP contribution is 2.31. The number of piperidine rings is 1. The van der Waals surface area contributed by atoms with E-state index in [0.29, 0.717) is 31.0 Å². The molecule has 0 unspecified atom stereocenters. The first-order valence-corrected chi connectivity index (χ1v) is 8.12. The molecule has 0 radical (unpaired) electrons. The Bertz CT molecular complexity index is 773. The number of likely N-dealkylation sites (tertiary alicyclic amines) is 1. The Hall–Kier alpha value is -2.41. The van der Waals surface area contributed by atoms with E-state index in [9.17, 15) is 4.79 Å². The molecule has 0 spiro atoms. The number of rotatable bonds is 2. The summed E-state index contributed by atoms with van der Waals surface area (Å²) in [6, 6.07) is 5.68. The van der Waals surface area contributed by atoms with Gasteiger partial charge in [0.1, 0.15) is 5.75 Å². The van der Waals surface area contributed by atoms with Gasteiger partial charge >= 0.3 is 0 Å². The molecule has 3 heterocycles. The topological polar surface area (TPSA) is 69.5 Å². The molecular weight excluding hydrogens is 308 g/mol. The number of nitrogens with zero attached hydrogens (tertiary/aromatic N) is 4.